The second-order valence-corrected chi connectivity index (χ2v) is 13.2. The van der Waals surface area contributed by atoms with E-state index in [4.69, 9.17) is 0 Å². The monoisotopic (exact) mass is 838 g/mol. The summed E-state index contributed by atoms with van der Waals surface area (Å²) in [7, 11) is 2.62. The van der Waals surface area contributed by atoms with E-state index in [1.165, 1.54) is 30.9 Å². The Hall–Kier alpha value is -0.950. The van der Waals surface area contributed by atoms with Crippen molar-refractivity contribution in [1.82, 2.24) is 19.9 Å². The summed E-state index contributed by atoms with van der Waals surface area (Å²) >= 11 is 18.4. The Labute approximate surface area is 262 Å². The molecule has 0 aromatic carbocycles. The number of ether oxygens (including phenoxy) is 2. The van der Waals surface area contributed by atoms with Crippen molar-refractivity contribution in [3.63, 3.8) is 0 Å². The Morgan fingerprint density at radius 2 is 1.22 bits per heavy atom. The van der Waals surface area contributed by atoms with Gasteiger partial charge in [0, 0.05) is 21.5 Å². The van der Waals surface area contributed by atoms with Gasteiger partial charge in [0.05, 0.1) is 29.6 Å². The summed E-state index contributed by atoms with van der Waals surface area (Å²) in [6, 6.07) is 0. The molecule has 0 amide bonds. The first-order valence-corrected chi connectivity index (χ1v) is 16.5. The van der Waals surface area contributed by atoms with Crippen LogP contribution < -0.4 is 0 Å². The molecule has 9 nitrogen and oxygen atoms in total. The van der Waals surface area contributed by atoms with Gasteiger partial charge in [0.15, 0.2) is 20.3 Å². The highest BCUT2D eigenvalue weighted by molar-refractivity contribution is 9.11. The van der Waals surface area contributed by atoms with Crippen molar-refractivity contribution in [3.8, 4) is 0 Å². The maximum Gasteiger partial charge on any atom is 0.357 e. The van der Waals surface area contributed by atoms with Gasteiger partial charge in [-0.15, -0.1) is 45.3 Å². The lowest BCUT2D eigenvalue weighted by atomic mass is 10.4. The molecule has 4 aromatic heterocycles. The molecular formula is C20H18Br4N4O5S4. The van der Waals surface area contributed by atoms with Crippen LogP contribution in [0.15, 0.2) is 34.6 Å². The first-order chi connectivity index (χ1) is 17.5. The largest absolute Gasteiger partial charge is 0.464 e. The zero-order valence-corrected chi connectivity index (χ0v) is 29.1. The predicted octanol–water partition coefficient (Wildman–Crippen LogP) is 7.63. The van der Waals surface area contributed by atoms with Gasteiger partial charge in [-0.05, 0) is 61.6 Å². The molecule has 4 heterocycles. The van der Waals surface area contributed by atoms with E-state index in [1.54, 1.807) is 28.1 Å². The van der Waals surface area contributed by atoms with Gasteiger partial charge in [-0.25, -0.2) is 29.5 Å². The second kappa shape index (κ2) is 18.4. The number of ketones is 1. The van der Waals surface area contributed by atoms with E-state index in [0.717, 1.165) is 34.5 Å². The van der Waals surface area contributed by atoms with Crippen LogP contribution in [0, 0.1) is 13.8 Å². The van der Waals surface area contributed by atoms with E-state index in [-0.39, 0.29) is 22.8 Å². The van der Waals surface area contributed by atoms with Crippen molar-refractivity contribution in [1.29, 1.82) is 0 Å². The second-order valence-electron chi connectivity index (χ2n) is 5.94. The summed E-state index contributed by atoms with van der Waals surface area (Å²) in [5.74, 6) is -1.03. The molecule has 17 heteroatoms. The van der Waals surface area contributed by atoms with E-state index in [0.29, 0.717) is 10.7 Å². The number of methoxy groups -OCH3 is 2. The summed E-state index contributed by atoms with van der Waals surface area (Å²) in [5, 5.41) is 9.58. The molecule has 0 N–H and O–H groups in total. The van der Waals surface area contributed by atoms with Gasteiger partial charge in [0.25, 0.3) is 0 Å². The van der Waals surface area contributed by atoms with Crippen LogP contribution >= 0.6 is 109 Å². The molecule has 0 atom stereocenters. The van der Waals surface area contributed by atoms with Gasteiger partial charge in [-0.3, -0.25) is 4.79 Å². The van der Waals surface area contributed by atoms with Crippen LogP contribution in [-0.2, 0) is 9.47 Å². The lowest BCUT2D eigenvalue weighted by Gasteiger charge is -1.91. The minimum Gasteiger partial charge on any atom is -0.464 e. The number of nitrogens with zero attached hydrogens (tertiary/aromatic N) is 4. The molecule has 0 bridgehead atoms. The van der Waals surface area contributed by atoms with Crippen molar-refractivity contribution in [2.45, 2.75) is 13.8 Å². The number of aryl methyl sites for hydroxylation is 2. The molecule has 0 spiro atoms. The number of alkyl halides is 1. The number of thiazole rings is 4. The third-order valence-corrected chi connectivity index (χ3v) is 9.03. The number of carbonyl (C=O) groups excluding carboxylic acids is 3. The zero-order chi connectivity index (χ0) is 28.0. The third-order valence-electron chi connectivity index (χ3n) is 3.31. The Kier molecular flexibility index (Phi) is 16.9. The Morgan fingerprint density at radius 3 is 1.54 bits per heavy atom. The summed E-state index contributed by atoms with van der Waals surface area (Å²) < 4.78 is 11.6. The van der Waals surface area contributed by atoms with Crippen LogP contribution in [0.5, 0.6) is 0 Å². The molecule has 0 aliphatic rings. The number of Topliss-reactive ketones (excluding diaryl/α,β-unsaturated/α-hetero) is 1. The Morgan fingerprint density at radius 1 is 0.730 bits per heavy atom. The van der Waals surface area contributed by atoms with Crippen LogP contribution in [0.3, 0.4) is 0 Å². The molecular weight excluding hydrogens is 824 g/mol. The van der Waals surface area contributed by atoms with Gasteiger partial charge in [-0.2, -0.15) is 0 Å². The fourth-order valence-electron chi connectivity index (χ4n) is 1.79. The number of carbonyl (C=O) groups is 3. The van der Waals surface area contributed by atoms with Crippen molar-refractivity contribution >= 4 is 127 Å². The van der Waals surface area contributed by atoms with Gasteiger partial charge >= 0.3 is 11.9 Å². The topological polar surface area (TPSA) is 121 Å². The van der Waals surface area contributed by atoms with E-state index >= 15 is 0 Å². The molecule has 0 fully saturated rings. The number of rotatable bonds is 4. The van der Waals surface area contributed by atoms with Gasteiger partial charge in [0.1, 0.15) is 9.21 Å². The van der Waals surface area contributed by atoms with Gasteiger partial charge in [-0.1, -0.05) is 15.9 Å². The molecule has 0 saturated carbocycles. The molecule has 0 aliphatic heterocycles. The number of halogens is 4. The summed E-state index contributed by atoms with van der Waals surface area (Å²) in [4.78, 5) is 48.5. The summed E-state index contributed by atoms with van der Waals surface area (Å²) in [5.41, 5.74) is 0.571. The predicted molar refractivity (Wildman–Crippen MR) is 162 cm³/mol. The first kappa shape index (κ1) is 34.1. The molecule has 37 heavy (non-hydrogen) atoms. The Bertz CT molecular complexity index is 1190. The standard InChI is InChI=1S/C7H6BrNO3S.C6H7NO2S.C4H4BrNS.C3HBr2NS/c1-12-7(11)4-3-13-6(9-4)5(10)2-8;1-4-7-5(3-10-4)6(8)9-2;1-3-6-4(5)2-7-3;4-2-1-7-3(5)6-2/h3H,2H2,1H3;3H,1-2H3;2H,1H3;1H. The van der Waals surface area contributed by atoms with E-state index in [9.17, 15) is 14.4 Å². The summed E-state index contributed by atoms with van der Waals surface area (Å²) in [6.45, 7) is 3.83. The van der Waals surface area contributed by atoms with E-state index in [1.807, 2.05) is 24.6 Å². The van der Waals surface area contributed by atoms with Crippen molar-refractivity contribution in [3.05, 3.63) is 61.1 Å². The van der Waals surface area contributed by atoms with Gasteiger partial charge < -0.3 is 9.47 Å². The van der Waals surface area contributed by atoms with Crippen molar-refractivity contribution in [2.24, 2.45) is 0 Å². The third kappa shape index (κ3) is 13.6. The minimum absolute atomic E-state index is 0.139. The number of esters is 2. The summed E-state index contributed by atoms with van der Waals surface area (Å²) in [6.07, 6.45) is 0. The highest BCUT2D eigenvalue weighted by atomic mass is 79.9. The van der Waals surface area contributed by atoms with Crippen molar-refractivity contribution < 1.29 is 23.9 Å². The Balaban J connectivity index is 0.000000255. The minimum atomic E-state index is -0.523. The maximum absolute atomic E-state index is 11.1. The highest BCUT2D eigenvalue weighted by Gasteiger charge is 2.14. The SMILES string of the molecule is Brc1csc(Br)n1.COC(=O)c1csc(C(=O)CBr)n1.COC(=O)c1csc(C)n1.Cc1nc(Br)cs1. The normalized spacial score (nSPS) is 9.51. The molecule has 4 rings (SSSR count). The van der Waals surface area contributed by atoms with Crippen LogP contribution in [0.4, 0.5) is 0 Å². The number of aromatic nitrogens is 4. The van der Waals surface area contributed by atoms with E-state index < -0.39 is 5.97 Å². The average molecular weight is 842 g/mol. The van der Waals surface area contributed by atoms with E-state index in [2.05, 4.69) is 93.1 Å². The molecule has 0 aliphatic carbocycles. The molecule has 4 aromatic rings. The number of hydrogen-bond acceptors (Lipinski definition) is 13. The molecule has 0 radical (unpaired) electrons. The van der Waals surface area contributed by atoms with Crippen LogP contribution in [0.1, 0.15) is 40.8 Å². The fourth-order valence-corrected chi connectivity index (χ4v) is 6.37. The quantitative estimate of drug-likeness (QED) is 0.116. The first-order valence-electron chi connectivity index (χ1n) is 9.48. The van der Waals surface area contributed by atoms with Crippen LogP contribution in [-0.4, -0.2) is 57.2 Å². The lowest BCUT2D eigenvalue weighted by Crippen LogP contribution is -2.04. The van der Waals surface area contributed by atoms with Crippen LogP contribution in [0.2, 0.25) is 0 Å². The fraction of sp³-hybridized carbons (Fsp3) is 0.250. The smallest absolute Gasteiger partial charge is 0.357 e. The molecule has 0 saturated heterocycles. The van der Waals surface area contributed by atoms with Gasteiger partial charge in [0.2, 0.25) is 5.78 Å². The zero-order valence-electron chi connectivity index (χ0n) is 19.5. The molecule has 200 valence electrons. The molecule has 0 unspecified atom stereocenters. The number of hydrogen-bond donors (Lipinski definition) is 0. The lowest BCUT2D eigenvalue weighted by molar-refractivity contribution is 0.0586. The average Bonchev–Trinajstić information content (AvgIpc) is 3.68. The highest BCUT2D eigenvalue weighted by Crippen LogP contribution is 2.19. The maximum atomic E-state index is 11.1. The van der Waals surface area contributed by atoms with Crippen molar-refractivity contribution in [2.75, 3.05) is 19.5 Å². The van der Waals surface area contributed by atoms with Crippen LogP contribution in [0.25, 0.3) is 0 Å².